The Balaban J connectivity index is 1.93. The van der Waals surface area contributed by atoms with Crippen LogP contribution >= 0.6 is 11.3 Å². The lowest BCUT2D eigenvalue weighted by Crippen LogP contribution is -2.15. The van der Waals surface area contributed by atoms with Crippen LogP contribution in [0, 0.1) is 11.3 Å². The van der Waals surface area contributed by atoms with Crippen molar-refractivity contribution in [1.29, 1.82) is 5.26 Å². The van der Waals surface area contributed by atoms with Crippen molar-refractivity contribution in [3.8, 4) is 16.6 Å². The van der Waals surface area contributed by atoms with Crippen molar-refractivity contribution in [1.82, 2.24) is 9.78 Å². The fourth-order valence-corrected chi connectivity index (χ4v) is 3.42. The Labute approximate surface area is 122 Å². The van der Waals surface area contributed by atoms with Gasteiger partial charge in [-0.3, -0.25) is 4.99 Å². The van der Waals surface area contributed by atoms with Gasteiger partial charge in [0, 0.05) is 12.6 Å². The van der Waals surface area contributed by atoms with Gasteiger partial charge in [-0.1, -0.05) is 36.3 Å². The third-order valence-electron chi connectivity index (χ3n) is 3.58. The lowest BCUT2D eigenvalue weighted by molar-refractivity contribution is 0.646. The van der Waals surface area contributed by atoms with Crippen LogP contribution in [0.2, 0.25) is 0 Å². The second-order valence-corrected chi connectivity index (χ2v) is 6.03. The van der Waals surface area contributed by atoms with Crippen LogP contribution in [0.1, 0.15) is 31.2 Å². The highest BCUT2D eigenvalue weighted by atomic mass is 32.1. The zero-order valence-electron chi connectivity index (χ0n) is 11.4. The summed E-state index contributed by atoms with van der Waals surface area (Å²) in [5.41, 5.74) is 1.71. The summed E-state index contributed by atoms with van der Waals surface area (Å²) in [4.78, 5) is 5.79. The molecular weight excluding hydrogens is 268 g/mol. The fourth-order valence-electron chi connectivity index (χ4n) is 2.46. The number of hydrogen-bond acceptors (Lipinski definition) is 4. The van der Waals surface area contributed by atoms with Crippen molar-refractivity contribution >= 4 is 11.3 Å². The predicted octanol–water partition coefficient (Wildman–Crippen LogP) is 2.86. The van der Waals surface area contributed by atoms with Gasteiger partial charge in [-0.15, -0.1) is 0 Å². The quantitative estimate of drug-likeness (QED) is 0.851. The van der Waals surface area contributed by atoms with E-state index in [4.69, 9.17) is 10.3 Å². The van der Waals surface area contributed by atoms with Gasteiger partial charge in [-0.2, -0.15) is 10.4 Å². The molecule has 1 aliphatic carbocycles. The molecule has 1 fully saturated rings. The first-order chi connectivity index (χ1) is 9.76. The first-order valence-electron chi connectivity index (χ1n) is 6.85. The molecule has 4 nitrogen and oxygen atoms in total. The van der Waals surface area contributed by atoms with Gasteiger partial charge >= 0.3 is 0 Å². The van der Waals surface area contributed by atoms with Gasteiger partial charge in [0.15, 0.2) is 0 Å². The highest BCUT2D eigenvalue weighted by Crippen LogP contribution is 2.22. The van der Waals surface area contributed by atoms with Gasteiger partial charge in [0.1, 0.15) is 5.01 Å². The summed E-state index contributed by atoms with van der Waals surface area (Å²) in [6.07, 6.45) is 4.98. The maximum Gasteiger partial charge on any atom is 0.203 e. The summed E-state index contributed by atoms with van der Waals surface area (Å²) < 4.78 is 1.86. The Morgan fingerprint density at radius 1 is 1.30 bits per heavy atom. The minimum Gasteiger partial charge on any atom is -0.254 e. The van der Waals surface area contributed by atoms with Crippen LogP contribution in [0.25, 0.3) is 10.6 Å². The Kier molecular flexibility index (Phi) is 3.66. The first kappa shape index (κ1) is 13.1. The van der Waals surface area contributed by atoms with E-state index < -0.39 is 0 Å². The van der Waals surface area contributed by atoms with Crippen molar-refractivity contribution in [2.45, 2.75) is 31.7 Å². The van der Waals surface area contributed by atoms with E-state index in [1.807, 2.05) is 36.0 Å². The molecule has 0 unspecified atom stereocenters. The summed E-state index contributed by atoms with van der Waals surface area (Å²) in [7, 11) is 1.94. The van der Waals surface area contributed by atoms with Crippen LogP contribution in [-0.4, -0.2) is 15.8 Å². The smallest absolute Gasteiger partial charge is 0.203 e. The van der Waals surface area contributed by atoms with Gasteiger partial charge in [0.25, 0.3) is 0 Å². The molecule has 1 aromatic heterocycles. The topological polar surface area (TPSA) is 54.0 Å². The lowest BCUT2D eigenvalue weighted by Gasteiger charge is -1.98. The number of aryl methyl sites for hydroxylation is 1. The van der Waals surface area contributed by atoms with Crippen molar-refractivity contribution in [2.24, 2.45) is 12.0 Å². The number of aromatic nitrogens is 2. The van der Waals surface area contributed by atoms with E-state index in [0.29, 0.717) is 11.6 Å². The van der Waals surface area contributed by atoms with Crippen LogP contribution in [0.4, 0.5) is 0 Å². The van der Waals surface area contributed by atoms with Gasteiger partial charge in [-0.05, 0) is 25.0 Å². The number of hydrogen-bond donors (Lipinski definition) is 0. The molecule has 0 atom stereocenters. The number of rotatable bonds is 2. The largest absolute Gasteiger partial charge is 0.254 e. The molecule has 0 spiro atoms. The Morgan fingerprint density at radius 2 is 2.00 bits per heavy atom. The fraction of sp³-hybridized carbons (Fsp3) is 0.400. The van der Waals surface area contributed by atoms with E-state index in [0.717, 1.165) is 15.4 Å². The van der Waals surface area contributed by atoms with Crippen LogP contribution in [0.3, 0.4) is 0 Å². The third kappa shape index (κ3) is 2.66. The molecule has 1 heterocycles. The van der Waals surface area contributed by atoms with E-state index in [-0.39, 0.29) is 0 Å². The summed E-state index contributed by atoms with van der Waals surface area (Å²) in [6, 6.07) is 10.1. The minimum absolute atomic E-state index is 0.468. The second-order valence-electron chi connectivity index (χ2n) is 5.07. The van der Waals surface area contributed by atoms with E-state index in [2.05, 4.69) is 11.2 Å². The first-order valence-corrected chi connectivity index (χ1v) is 7.66. The van der Waals surface area contributed by atoms with Gasteiger partial charge in [0.05, 0.1) is 17.7 Å². The molecule has 20 heavy (non-hydrogen) atoms. The third-order valence-corrected chi connectivity index (χ3v) is 4.65. The van der Waals surface area contributed by atoms with E-state index in [1.54, 1.807) is 11.3 Å². The van der Waals surface area contributed by atoms with Crippen LogP contribution in [-0.2, 0) is 7.05 Å². The van der Waals surface area contributed by atoms with Gasteiger partial charge in [0.2, 0.25) is 4.80 Å². The Hall–Kier alpha value is -1.93. The average Bonchev–Trinajstić information content (AvgIpc) is 3.10. The zero-order valence-corrected chi connectivity index (χ0v) is 12.2. The maximum atomic E-state index is 8.82. The van der Waals surface area contributed by atoms with Crippen LogP contribution in [0.15, 0.2) is 29.3 Å². The van der Waals surface area contributed by atoms with Crippen molar-refractivity contribution in [3.05, 3.63) is 34.6 Å². The van der Waals surface area contributed by atoms with Crippen molar-refractivity contribution in [3.63, 3.8) is 0 Å². The van der Waals surface area contributed by atoms with Gasteiger partial charge in [-0.25, -0.2) is 4.68 Å². The number of nitrogens with zero attached hydrogens (tertiary/aromatic N) is 4. The highest BCUT2D eigenvalue weighted by Gasteiger charge is 2.14. The summed E-state index contributed by atoms with van der Waals surface area (Å²) in [5, 5.41) is 14.3. The summed E-state index contributed by atoms with van der Waals surface area (Å²) in [5.74, 6) is 0. The van der Waals surface area contributed by atoms with Crippen molar-refractivity contribution < 1.29 is 0 Å². The van der Waals surface area contributed by atoms with E-state index in [1.165, 1.54) is 25.7 Å². The van der Waals surface area contributed by atoms with E-state index in [9.17, 15) is 0 Å². The molecule has 0 N–H and O–H groups in total. The molecule has 3 rings (SSSR count). The molecule has 2 aromatic rings. The molecule has 1 saturated carbocycles. The number of benzene rings is 1. The lowest BCUT2D eigenvalue weighted by atomic mass is 10.2. The molecule has 0 saturated heterocycles. The zero-order chi connectivity index (χ0) is 13.9. The molecule has 0 amide bonds. The average molecular weight is 284 g/mol. The molecule has 1 aromatic carbocycles. The highest BCUT2D eigenvalue weighted by molar-refractivity contribution is 7.12. The predicted molar refractivity (Wildman–Crippen MR) is 79.1 cm³/mol. The molecule has 0 aliphatic heterocycles. The summed E-state index contributed by atoms with van der Waals surface area (Å²) in [6.45, 7) is 0. The van der Waals surface area contributed by atoms with E-state index >= 15 is 0 Å². The minimum atomic E-state index is 0.468. The van der Waals surface area contributed by atoms with Gasteiger partial charge < -0.3 is 0 Å². The summed E-state index contributed by atoms with van der Waals surface area (Å²) >= 11 is 1.62. The standard InChI is InChI=1S/C15H16N4S/c1-19-15(17-13-4-2-3-5-13)20-14(18-19)12-8-6-11(10-16)7-9-12/h6-9,13H,2-5H2,1H3/b17-15+. The van der Waals surface area contributed by atoms with Crippen molar-refractivity contribution in [2.75, 3.05) is 0 Å². The number of nitriles is 1. The normalized spacial score (nSPS) is 16.5. The second kappa shape index (κ2) is 5.59. The molecule has 0 radical (unpaired) electrons. The molecule has 102 valence electrons. The Morgan fingerprint density at radius 3 is 2.65 bits per heavy atom. The monoisotopic (exact) mass is 284 g/mol. The molecular formula is C15H16N4S. The molecule has 0 bridgehead atoms. The maximum absolute atomic E-state index is 8.82. The van der Waals surface area contributed by atoms with Crippen LogP contribution < -0.4 is 4.80 Å². The Bertz CT molecular complexity index is 697. The van der Waals surface area contributed by atoms with Crippen LogP contribution in [0.5, 0.6) is 0 Å². The molecule has 1 aliphatic rings. The molecule has 5 heteroatoms. The SMILES string of the molecule is Cn1nc(-c2ccc(C#N)cc2)s/c1=N/C1CCCC1.